The monoisotopic (exact) mass is 373 g/mol. The molecule has 0 spiro atoms. The number of sulfonamides is 1. The van der Waals surface area contributed by atoms with Gasteiger partial charge in [-0.2, -0.15) is 17.5 Å². The first kappa shape index (κ1) is 19.3. The zero-order valence-electron chi connectivity index (χ0n) is 14.0. The number of benzene rings is 2. The van der Waals surface area contributed by atoms with E-state index in [1.165, 1.54) is 32.4 Å². The largest absolute Gasteiger partial charge is 0.497 e. The van der Waals surface area contributed by atoms with Crippen molar-refractivity contribution in [1.29, 1.82) is 0 Å². The highest BCUT2D eigenvalue weighted by atomic mass is 32.2. The van der Waals surface area contributed by atoms with Crippen LogP contribution in [0.1, 0.15) is 16.7 Å². The van der Waals surface area contributed by atoms with Crippen molar-refractivity contribution in [2.75, 3.05) is 14.2 Å². The van der Waals surface area contributed by atoms with Crippen LogP contribution in [-0.2, 0) is 22.7 Å². The van der Waals surface area contributed by atoms with Gasteiger partial charge in [0.1, 0.15) is 5.75 Å². The van der Waals surface area contributed by atoms with Gasteiger partial charge in [-0.3, -0.25) is 0 Å². The molecule has 0 atom stereocenters. The fourth-order valence-electron chi connectivity index (χ4n) is 2.35. The molecule has 2 aromatic rings. The lowest BCUT2D eigenvalue weighted by molar-refractivity contribution is -0.137. The van der Waals surface area contributed by atoms with Crippen LogP contribution >= 0.6 is 0 Å². The molecule has 136 valence electrons. The Kier molecular flexibility index (Phi) is 5.43. The van der Waals surface area contributed by atoms with Crippen molar-refractivity contribution < 1.29 is 26.3 Å². The minimum atomic E-state index is -4.42. The summed E-state index contributed by atoms with van der Waals surface area (Å²) in [6.45, 7) is 1.62. The Balaban J connectivity index is 2.23. The minimum absolute atomic E-state index is 0.0358. The molecule has 0 heterocycles. The first-order valence-electron chi connectivity index (χ1n) is 7.33. The van der Waals surface area contributed by atoms with E-state index in [1.54, 1.807) is 19.1 Å². The van der Waals surface area contributed by atoms with E-state index in [2.05, 4.69) is 0 Å². The number of ether oxygens (including phenoxy) is 1. The van der Waals surface area contributed by atoms with E-state index >= 15 is 0 Å². The van der Waals surface area contributed by atoms with Gasteiger partial charge in [0.05, 0.1) is 17.6 Å². The molecule has 25 heavy (non-hydrogen) atoms. The van der Waals surface area contributed by atoms with Gasteiger partial charge in [0.15, 0.2) is 0 Å². The van der Waals surface area contributed by atoms with Crippen molar-refractivity contribution in [2.45, 2.75) is 24.5 Å². The molecule has 0 saturated carbocycles. The van der Waals surface area contributed by atoms with Crippen molar-refractivity contribution in [3.8, 4) is 5.75 Å². The van der Waals surface area contributed by atoms with Gasteiger partial charge in [0.2, 0.25) is 10.0 Å². The third kappa shape index (κ3) is 4.32. The molecule has 0 aliphatic heterocycles. The van der Waals surface area contributed by atoms with Gasteiger partial charge >= 0.3 is 6.18 Å². The lowest BCUT2D eigenvalue weighted by Gasteiger charge is -2.19. The lowest BCUT2D eigenvalue weighted by atomic mass is 10.1. The van der Waals surface area contributed by atoms with Gasteiger partial charge in [-0.05, 0) is 48.4 Å². The van der Waals surface area contributed by atoms with Gasteiger partial charge in [-0.25, -0.2) is 8.42 Å². The van der Waals surface area contributed by atoms with Crippen molar-refractivity contribution in [3.05, 3.63) is 59.2 Å². The second kappa shape index (κ2) is 7.05. The summed E-state index contributed by atoms with van der Waals surface area (Å²) in [4.78, 5) is 0.128. The number of nitrogens with zero attached hydrogens (tertiary/aromatic N) is 1. The fourth-order valence-corrected chi connectivity index (χ4v) is 3.71. The zero-order chi connectivity index (χ0) is 18.8. The molecule has 4 nitrogen and oxygen atoms in total. The van der Waals surface area contributed by atoms with Crippen LogP contribution in [0.2, 0.25) is 0 Å². The number of hydrogen-bond acceptors (Lipinski definition) is 3. The van der Waals surface area contributed by atoms with Crippen LogP contribution in [0, 0.1) is 6.92 Å². The Labute approximate surface area is 144 Å². The number of aryl methyl sites for hydroxylation is 1. The Morgan fingerprint density at radius 3 is 2.16 bits per heavy atom. The second-order valence-electron chi connectivity index (χ2n) is 5.59. The molecular formula is C17H18F3NO3S. The molecule has 0 unspecified atom stereocenters. The maximum atomic E-state index is 12.7. The Bertz CT molecular complexity index is 846. The molecule has 2 rings (SSSR count). The Hall–Kier alpha value is -2.06. The average molecular weight is 373 g/mol. The van der Waals surface area contributed by atoms with E-state index in [9.17, 15) is 21.6 Å². The van der Waals surface area contributed by atoms with Crippen molar-refractivity contribution in [1.82, 2.24) is 4.31 Å². The summed E-state index contributed by atoms with van der Waals surface area (Å²) in [5, 5.41) is 0. The third-order valence-electron chi connectivity index (χ3n) is 3.76. The molecule has 2 aromatic carbocycles. The first-order valence-corrected chi connectivity index (χ1v) is 8.77. The van der Waals surface area contributed by atoms with E-state index in [0.717, 1.165) is 16.4 Å². The van der Waals surface area contributed by atoms with Crippen LogP contribution in [0.25, 0.3) is 0 Å². The van der Waals surface area contributed by atoms with Crippen molar-refractivity contribution in [2.24, 2.45) is 0 Å². The highest BCUT2D eigenvalue weighted by Crippen LogP contribution is 2.29. The number of rotatable bonds is 5. The van der Waals surface area contributed by atoms with E-state index in [4.69, 9.17) is 4.74 Å². The SMILES string of the molecule is COc1ccc(S(=O)(=O)N(C)Cc2ccc(C(F)(F)F)cc2)c(C)c1. The average Bonchev–Trinajstić information content (AvgIpc) is 2.54. The van der Waals surface area contributed by atoms with E-state index in [-0.39, 0.29) is 11.4 Å². The quantitative estimate of drug-likeness (QED) is 0.800. The van der Waals surface area contributed by atoms with E-state index in [1.807, 2.05) is 0 Å². The number of hydrogen-bond donors (Lipinski definition) is 0. The molecule has 0 aliphatic carbocycles. The summed E-state index contributed by atoms with van der Waals surface area (Å²) >= 11 is 0. The van der Waals surface area contributed by atoms with Crippen LogP contribution in [0.3, 0.4) is 0 Å². The first-order chi connectivity index (χ1) is 11.6. The highest BCUT2D eigenvalue weighted by molar-refractivity contribution is 7.89. The molecule has 0 N–H and O–H groups in total. The number of alkyl halides is 3. The number of halogens is 3. The smallest absolute Gasteiger partial charge is 0.416 e. The summed E-state index contributed by atoms with van der Waals surface area (Å²) in [5.74, 6) is 0.543. The molecule has 0 saturated heterocycles. The van der Waals surface area contributed by atoms with E-state index in [0.29, 0.717) is 16.9 Å². The highest BCUT2D eigenvalue weighted by Gasteiger charge is 2.30. The molecule has 0 radical (unpaired) electrons. The lowest BCUT2D eigenvalue weighted by Crippen LogP contribution is -2.27. The second-order valence-corrected chi connectivity index (χ2v) is 7.60. The minimum Gasteiger partial charge on any atom is -0.497 e. The summed E-state index contributed by atoms with van der Waals surface area (Å²) in [6.07, 6.45) is -4.42. The van der Waals surface area contributed by atoms with Gasteiger partial charge in [0, 0.05) is 13.6 Å². The predicted octanol–water partition coefficient (Wildman–Crippen LogP) is 3.84. The van der Waals surface area contributed by atoms with Crippen molar-refractivity contribution in [3.63, 3.8) is 0 Å². The predicted molar refractivity (Wildman–Crippen MR) is 87.8 cm³/mol. The third-order valence-corrected chi connectivity index (χ3v) is 5.72. The van der Waals surface area contributed by atoms with Gasteiger partial charge in [-0.1, -0.05) is 12.1 Å². The van der Waals surface area contributed by atoms with Gasteiger partial charge in [0.25, 0.3) is 0 Å². The zero-order valence-corrected chi connectivity index (χ0v) is 14.8. The molecule has 0 aliphatic rings. The molecule has 0 bridgehead atoms. The maximum Gasteiger partial charge on any atom is 0.416 e. The molecule has 0 fully saturated rings. The van der Waals surface area contributed by atoms with Crippen LogP contribution in [-0.4, -0.2) is 26.9 Å². The van der Waals surface area contributed by atoms with Crippen LogP contribution in [0.4, 0.5) is 13.2 Å². The maximum absolute atomic E-state index is 12.7. The van der Waals surface area contributed by atoms with Crippen LogP contribution < -0.4 is 4.74 Å². The van der Waals surface area contributed by atoms with Crippen molar-refractivity contribution >= 4 is 10.0 Å². The summed E-state index contributed by atoms with van der Waals surface area (Å²) in [6, 6.07) is 9.03. The van der Waals surface area contributed by atoms with Gasteiger partial charge < -0.3 is 4.74 Å². The summed E-state index contributed by atoms with van der Waals surface area (Å²) in [5.41, 5.74) is 0.219. The molecule has 0 amide bonds. The van der Waals surface area contributed by atoms with Gasteiger partial charge in [-0.15, -0.1) is 0 Å². The molecular weight excluding hydrogens is 355 g/mol. The molecule has 0 aromatic heterocycles. The topological polar surface area (TPSA) is 46.6 Å². The standard InChI is InChI=1S/C17H18F3NO3S/c1-12-10-15(24-3)8-9-16(12)25(22,23)21(2)11-13-4-6-14(7-5-13)17(18,19)20/h4-10H,11H2,1-3H3. The van der Waals surface area contributed by atoms with Crippen LogP contribution in [0.15, 0.2) is 47.4 Å². The Morgan fingerprint density at radius 1 is 1.08 bits per heavy atom. The Morgan fingerprint density at radius 2 is 1.68 bits per heavy atom. The normalized spacial score (nSPS) is 12.4. The summed E-state index contributed by atoms with van der Waals surface area (Å²) < 4.78 is 69.3. The number of methoxy groups -OCH3 is 1. The fraction of sp³-hybridized carbons (Fsp3) is 0.294. The summed E-state index contributed by atoms with van der Waals surface area (Å²) in [7, 11) is -0.904. The molecule has 8 heteroatoms. The van der Waals surface area contributed by atoms with Crippen LogP contribution in [0.5, 0.6) is 5.75 Å². The van der Waals surface area contributed by atoms with E-state index < -0.39 is 21.8 Å².